The molecule has 0 bridgehead atoms. The fourth-order valence-electron chi connectivity index (χ4n) is 1.73. The van der Waals surface area contributed by atoms with E-state index in [1.807, 2.05) is 17.0 Å². The number of aryl methyl sites for hydroxylation is 1. The number of rotatable bonds is 3. The first kappa shape index (κ1) is 19.3. The van der Waals surface area contributed by atoms with Crippen LogP contribution in [-0.2, 0) is 17.7 Å². The van der Waals surface area contributed by atoms with Gasteiger partial charge >= 0.3 is 107 Å². The second-order valence-corrected chi connectivity index (χ2v) is 4.42. The molecule has 0 N–H and O–H groups in total. The molecule has 2 heterocycles. The Balaban J connectivity index is 0.00000180. The van der Waals surface area contributed by atoms with E-state index in [9.17, 15) is 4.57 Å². The first-order valence-electron chi connectivity index (χ1n) is 5.87. The Morgan fingerprint density at radius 2 is 1.40 bits per heavy atom. The molecule has 0 spiro atoms. The molecule has 20 heavy (non-hydrogen) atoms. The third-order valence-corrected chi connectivity index (χ3v) is 3.07. The maximum atomic E-state index is 10.3. The maximum Gasteiger partial charge on any atom is -1.00 e. The van der Waals surface area contributed by atoms with Gasteiger partial charge in [-0.2, -0.15) is 0 Å². The van der Waals surface area contributed by atoms with Crippen molar-refractivity contribution in [1.82, 2.24) is 0 Å². The minimum atomic E-state index is -0.0471. The van der Waals surface area contributed by atoms with Gasteiger partial charge in [-0.25, -0.2) is 0 Å². The number of halogens is 2. The van der Waals surface area contributed by atoms with Crippen LogP contribution >= 0.6 is 7.92 Å². The maximum absolute atomic E-state index is 10.3. The standard InChI is InChI=1S/C14H15N2OP.2BrH/c1-2-15-7-3-13(4-8-15)14-5-9-16(10-6-14)11-12-18-17;;/h3-10H,2,11H2,1H3;2*1H/q+2;;/p-2. The summed E-state index contributed by atoms with van der Waals surface area (Å²) in [5.41, 5.74) is 5.09. The van der Waals surface area contributed by atoms with Crippen molar-refractivity contribution < 1.29 is 47.7 Å². The van der Waals surface area contributed by atoms with E-state index in [0.29, 0.717) is 6.54 Å². The van der Waals surface area contributed by atoms with E-state index in [1.54, 1.807) is 0 Å². The third kappa shape index (κ3) is 5.34. The largest absolute Gasteiger partial charge is 1.00 e. The molecule has 0 aliphatic heterocycles. The fourth-order valence-corrected chi connectivity index (χ4v) is 1.95. The molecule has 0 amide bonds. The van der Waals surface area contributed by atoms with Gasteiger partial charge in [0.2, 0.25) is 0 Å². The summed E-state index contributed by atoms with van der Waals surface area (Å²) < 4.78 is 14.4. The summed E-state index contributed by atoms with van der Waals surface area (Å²) in [5, 5.41) is 0. The van der Waals surface area contributed by atoms with Crippen molar-refractivity contribution in [2.24, 2.45) is 0 Å². The summed E-state index contributed by atoms with van der Waals surface area (Å²) in [5.74, 6) is 0. The molecule has 0 fully saturated rings. The molecule has 0 aromatic carbocycles. The smallest absolute Gasteiger partial charge is 1.00 e. The summed E-state index contributed by atoms with van der Waals surface area (Å²) in [4.78, 5) is 0. The molecular weight excluding hydrogens is 403 g/mol. The third-order valence-electron chi connectivity index (χ3n) is 2.80. The zero-order valence-corrected chi connectivity index (χ0v) is 15.1. The molecule has 0 radical (unpaired) electrons. The van der Waals surface area contributed by atoms with Gasteiger partial charge in [-0.05, 0) is 0 Å². The van der Waals surface area contributed by atoms with Crippen LogP contribution in [0, 0.1) is 5.63 Å². The molecule has 2 aromatic rings. The molecule has 6 heteroatoms. The summed E-state index contributed by atoms with van der Waals surface area (Å²) in [6.07, 6.45) is 8.09. The van der Waals surface area contributed by atoms with E-state index in [0.717, 1.165) is 6.54 Å². The van der Waals surface area contributed by atoms with E-state index in [-0.39, 0.29) is 41.9 Å². The number of hydrogen-bond donors (Lipinski definition) is 0. The van der Waals surface area contributed by atoms with Gasteiger partial charge in [0.05, 0.1) is 0 Å². The predicted octanol–water partition coefficient (Wildman–Crippen LogP) is -3.79. The van der Waals surface area contributed by atoms with Crippen LogP contribution in [0.4, 0.5) is 0 Å². The summed E-state index contributed by atoms with van der Waals surface area (Å²) in [6.45, 7) is 3.64. The van der Waals surface area contributed by atoms with Crippen molar-refractivity contribution in [1.29, 1.82) is 0 Å². The van der Waals surface area contributed by atoms with Gasteiger partial charge in [0, 0.05) is 0 Å². The van der Waals surface area contributed by atoms with Gasteiger partial charge in [0.1, 0.15) is 0 Å². The minimum Gasteiger partial charge on any atom is -1.00 e. The molecule has 0 unspecified atom stereocenters. The van der Waals surface area contributed by atoms with Crippen LogP contribution in [0.1, 0.15) is 6.92 Å². The number of hydrogen-bond acceptors (Lipinski definition) is 1. The van der Waals surface area contributed by atoms with Crippen LogP contribution in [0.2, 0.25) is 0 Å². The van der Waals surface area contributed by atoms with E-state index in [4.69, 9.17) is 0 Å². The van der Waals surface area contributed by atoms with Crippen LogP contribution < -0.4 is 43.1 Å². The number of nitrogens with zero attached hydrogens (tertiary/aromatic N) is 2. The van der Waals surface area contributed by atoms with Crippen LogP contribution in [0.25, 0.3) is 11.1 Å². The predicted molar refractivity (Wildman–Crippen MR) is 69.4 cm³/mol. The van der Waals surface area contributed by atoms with Gasteiger partial charge in [-0.3, -0.25) is 0 Å². The van der Waals surface area contributed by atoms with E-state index < -0.39 is 0 Å². The van der Waals surface area contributed by atoms with Crippen molar-refractivity contribution in [3.63, 3.8) is 0 Å². The van der Waals surface area contributed by atoms with Gasteiger partial charge in [-0.15, -0.1) is 0 Å². The monoisotopic (exact) mass is 416 g/mol. The molecule has 106 valence electrons. The SMILES string of the molecule is CC[n+]1ccc(-c2cc[n+](CC#P=O)cc2)cc1.[Br-].[Br-]. The van der Waals surface area contributed by atoms with Crippen LogP contribution in [0.5, 0.6) is 0 Å². The second kappa shape index (κ2) is 10.1. The van der Waals surface area contributed by atoms with E-state index >= 15 is 0 Å². The van der Waals surface area contributed by atoms with Gasteiger partial charge in [0.15, 0.2) is 0 Å². The molecule has 3 nitrogen and oxygen atoms in total. The Kier molecular flexibility index (Phi) is 9.70. The topological polar surface area (TPSA) is 24.8 Å². The van der Waals surface area contributed by atoms with Gasteiger partial charge in [0.25, 0.3) is 0 Å². The average molecular weight is 418 g/mol. The molecule has 0 aliphatic rings. The van der Waals surface area contributed by atoms with Crippen molar-refractivity contribution in [2.45, 2.75) is 20.0 Å². The van der Waals surface area contributed by atoms with Crippen molar-refractivity contribution in [3.05, 3.63) is 49.1 Å². The molecule has 0 atom stereocenters. The first-order valence-corrected chi connectivity index (χ1v) is 6.68. The molecule has 2 aromatic heterocycles. The van der Waals surface area contributed by atoms with E-state index in [2.05, 4.69) is 53.8 Å². The molecular formula is C14H15Br2N2OP. The van der Waals surface area contributed by atoms with Crippen LogP contribution in [0.3, 0.4) is 0 Å². The normalized spacial score (nSPS) is 8.85. The quantitative estimate of drug-likeness (QED) is 0.371. The Labute approximate surface area is 141 Å². The van der Waals surface area contributed by atoms with E-state index in [1.165, 1.54) is 11.1 Å². The minimum absolute atomic E-state index is 0. The van der Waals surface area contributed by atoms with Crippen molar-refractivity contribution in [2.75, 3.05) is 0 Å². The molecule has 0 saturated carbocycles. The Morgan fingerprint density at radius 1 is 0.950 bits per heavy atom. The average Bonchev–Trinajstić information content (AvgIpc) is 2.46. The summed E-state index contributed by atoms with van der Waals surface area (Å²) in [6, 6.07) is 8.32. The van der Waals surface area contributed by atoms with Gasteiger partial charge < -0.3 is 34.0 Å². The van der Waals surface area contributed by atoms with Crippen molar-refractivity contribution in [3.8, 4) is 16.8 Å². The zero-order valence-electron chi connectivity index (χ0n) is 11.0. The Bertz CT molecular complexity index is 624. The molecule has 2 rings (SSSR count). The fraction of sp³-hybridized carbons (Fsp3) is 0.214. The van der Waals surface area contributed by atoms with Crippen molar-refractivity contribution >= 4 is 7.92 Å². The molecule has 0 saturated heterocycles. The number of pyridine rings is 2. The Morgan fingerprint density at radius 3 is 1.80 bits per heavy atom. The van der Waals surface area contributed by atoms with Crippen LogP contribution in [0.15, 0.2) is 49.1 Å². The van der Waals surface area contributed by atoms with Gasteiger partial charge in [-0.1, -0.05) is 0 Å². The first-order chi connectivity index (χ1) is 8.83. The molecule has 0 aliphatic carbocycles. The second-order valence-electron chi connectivity index (χ2n) is 3.93. The Hall–Kier alpha value is -0.730. The summed E-state index contributed by atoms with van der Waals surface area (Å²) >= 11 is 0. The number of aromatic nitrogens is 2. The zero-order chi connectivity index (χ0) is 12.8. The van der Waals surface area contributed by atoms with Crippen LogP contribution in [-0.4, -0.2) is 0 Å². The summed E-state index contributed by atoms with van der Waals surface area (Å²) in [7, 11) is -0.0471.